The second-order valence-electron chi connectivity index (χ2n) is 17.0. The van der Waals surface area contributed by atoms with E-state index in [9.17, 15) is 9.59 Å². The monoisotopic (exact) mass is 911 g/mol. The van der Waals surface area contributed by atoms with Gasteiger partial charge in [-0.1, -0.05) is 36.4 Å². The van der Waals surface area contributed by atoms with Gasteiger partial charge in [0.1, 0.15) is 35.8 Å². The van der Waals surface area contributed by atoms with Crippen molar-refractivity contribution in [1.29, 1.82) is 0 Å². The van der Waals surface area contributed by atoms with Crippen molar-refractivity contribution >= 4 is 45.3 Å². The Morgan fingerprint density at radius 3 is 1.82 bits per heavy atom. The first-order chi connectivity index (χ1) is 33.1. The molecule has 0 saturated heterocycles. The van der Waals surface area contributed by atoms with E-state index < -0.39 is 11.9 Å². The highest BCUT2D eigenvalue weighted by atomic mass is 16.5. The Bertz CT molecular complexity index is 3210. The van der Waals surface area contributed by atoms with Crippen LogP contribution in [0.2, 0.25) is 0 Å². The van der Waals surface area contributed by atoms with Crippen molar-refractivity contribution in [1.82, 2.24) is 4.58 Å². The molecule has 0 atom stereocenters. The maximum Gasteiger partial charge on any atom is 0.338 e. The number of fused-ring (bicyclic) bond motifs is 4. The predicted octanol–water partition coefficient (Wildman–Crippen LogP) is 12.1. The van der Waals surface area contributed by atoms with Crippen LogP contribution in [0.15, 0.2) is 123 Å². The Hall–Kier alpha value is -7.20. The van der Waals surface area contributed by atoms with E-state index in [0.717, 1.165) is 121 Å². The van der Waals surface area contributed by atoms with E-state index in [-0.39, 0.29) is 13.2 Å². The number of hydrogen-bond acceptors (Lipinski definition) is 9. The third-order valence-electron chi connectivity index (χ3n) is 12.9. The van der Waals surface area contributed by atoms with Gasteiger partial charge in [-0.05, 0) is 133 Å². The number of hydrogen-bond donors (Lipinski definition) is 1. The van der Waals surface area contributed by atoms with E-state index in [0.29, 0.717) is 41.9 Å². The molecule has 0 amide bonds. The molecule has 0 aromatic heterocycles. The summed E-state index contributed by atoms with van der Waals surface area (Å²) in [6.45, 7) is 22.0. The Balaban J connectivity index is 1.02. The third-order valence-corrected chi connectivity index (χ3v) is 12.9. The normalized spacial score (nSPS) is 11.7. The first-order valence-corrected chi connectivity index (χ1v) is 24.2. The first kappa shape index (κ1) is 47.3. The number of nitrogens with zero attached hydrogens (tertiary/aromatic N) is 3. The summed E-state index contributed by atoms with van der Waals surface area (Å²) in [6, 6.07) is 36.1. The van der Waals surface area contributed by atoms with Gasteiger partial charge >= 0.3 is 11.9 Å². The van der Waals surface area contributed by atoms with E-state index in [4.69, 9.17) is 23.3 Å². The minimum absolute atomic E-state index is 0.162. The van der Waals surface area contributed by atoms with Crippen LogP contribution in [0, 0.1) is 13.8 Å². The van der Waals surface area contributed by atoms with Gasteiger partial charge in [-0.25, -0.2) is 14.2 Å². The number of rotatable bonds is 17. The lowest BCUT2D eigenvalue weighted by Gasteiger charge is -2.22. The molecule has 0 saturated carbocycles. The summed E-state index contributed by atoms with van der Waals surface area (Å²) in [5.74, 6) is 0.593. The summed E-state index contributed by atoms with van der Waals surface area (Å²) in [5, 5.41) is 7.22. The largest absolute Gasteiger partial charge is 0.462 e. The number of anilines is 2. The zero-order valence-corrected chi connectivity index (χ0v) is 40.8. The van der Waals surface area contributed by atoms with Gasteiger partial charge in [0.25, 0.3) is 0 Å². The molecule has 2 aliphatic carbocycles. The number of unbranched alkanes of at least 4 members (excludes halogenated alkanes) is 1. The minimum atomic E-state index is -0.425. The molecule has 0 unspecified atom stereocenters. The lowest BCUT2D eigenvalue weighted by molar-refractivity contribution is 0.0433. The van der Waals surface area contributed by atoms with Crippen LogP contribution in [-0.4, -0.2) is 64.4 Å². The van der Waals surface area contributed by atoms with Gasteiger partial charge in [-0.3, -0.25) is 4.99 Å². The Kier molecular flexibility index (Phi) is 14.7. The fourth-order valence-corrected chi connectivity index (χ4v) is 9.38. The molecular formula is C58H63N4O6+. The van der Waals surface area contributed by atoms with Crippen molar-refractivity contribution in [3.8, 4) is 44.9 Å². The molecule has 1 N–H and O–H groups in total. The molecule has 2 heterocycles. The highest BCUT2D eigenvalue weighted by molar-refractivity contribution is 6.10. The molecule has 2 aliphatic heterocycles. The zero-order chi connectivity index (χ0) is 47.9. The highest BCUT2D eigenvalue weighted by Gasteiger charge is 2.26. The molecule has 8 rings (SSSR count). The van der Waals surface area contributed by atoms with Crippen molar-refractivity contribution in [2.75, 3.05) is 62.7 Å². The number of aryl methyl sites for hydroxylation is 2. The SMILES string of the molecule is CCN=c1cc2oc3cc(NCC)c(C)cc3c(-c3ccccc3C(=O)OCCCCOC(=O)c3ccccc3-c3c4ccc(=[N+](CC)CC)cc-4oc4cc(N(CC)CC)ccc34)c-2cc1C. The average molecular weight is 912 g/mol. The quantitative estimate of drug-likeness (QED) is 0.0416. The smallest absolute Gasteiger partial charge is 0.338 e. The molecular weight excluding hydrogens is 849 g/mol. The molecule has 68 heavy (non-hydrogen) atoms. The molecule has 4 aromatic rings. The van der Waals surface area contributed by atoms with Gasteiger partial charge in [-0.2, -0.15) is 0 Å². The van der Waals surface area contributed by atoms with Gasteiger partial charge in [0, 0.05) is 94.8 Å². The summed E-state index contributed by atoms with van der Waals surface area (Å²) in [6.07, 6.45) is 1.02. The van der Waals surface area contributed by atoms with Gasteiger partial charge in [0.15, 0.2) is 0 Å². The van der Waals surface area contributed by atoms with E-state index in [2.05, 4.69) is 105 Å². The average Bonchev–Trinajstić information content (AvgIpc) is 3.35. The number of nitrogens with one attached hydrogen (secondary N) is 1. The van der Waals surface area contributed by atoms with E-state index in [1.807, 2.05) is 74.5 Å². The Morgan fingerprint density at radius 2 is 1.22 bits per heavy atom. The Morgan fingerprint density at radius 1 is 0.618 bits per heavy atom. The predicted molar refractivity (Wildman–Crippen MR) is 276 cm³/mol. The van der Waals surface area contributed by atoms with Crippen LogP contribution >= 0.6 is 0 Å². The fraction of sp³-hybridized carbons (Fsp3) is 0.310. The fourth-order valence-electron chi connectivity index (χ4n) is 9.38. The highest BCUT2D eigenvalue weighted by Crippen LogP contribution is 2.44. The van der Waals surface area contributed by atoms with Gasteiger partial charge < -0.3 is 28.5 Å². The van der Waals surface area contributed by atoms with Crippen LogP contribution in [0.4, 0.5) is 11.4 Å². The van der Waals surface area contributed by atoms with E-state index in [1.165, 1.54) is 0 Å². The molecule has 10 heteroatoms. The first-order valence-electron chi connectivity index (χ1n) is 24.2. The van der Waals surface area contributed by atoms with Crippen LogP contribution < -0.4 is 25.5 Å². The van der Waals surface area contributed by atoms with E-state index >= 15 is 0 Å². The summed E-state index contributed by atoms with van der Waals surface area (Å²) < 4.78 is 27.5. The minimum Gasteiger partial charge on any atom is -0.462 e. The number of benzene rings is 6. The van der Waals surface area contributed by atoms with Crippen molar-refractivity contribution < 1.29 is 27.9 Å². The molecule has 10 nitrogen and oxygen atoms in total. The number of esters is 2. The van der Waals surface area contributed by atoms with Gasteiger partial charge in [-0.15, -0.1) is 0 Å². The second-order valence-corrected chi connectivity index (χ2v) is 17.0. The molecule has 0 spiro atoms. The standard InChI is InChI=1S/C58H63N4O6/c1-9-59-49-35-53-47(31-37(49)7)56(48-32-38(8)50(60-10-2)36-54(48)68-53)42-22-16-18-24-44(42)58(64)66-30-20-19-29-65-57(63)43-23-17-15-21-41(43)55-45-27-25-39(61(11-3)12-4)33-51(45)67-52-34-40(26-28-46(52)55)62(13-5)14-6/h15-18,21-28,31-36,59H,9-14,19-20,29-30H2,1-8H3/q+1. The number of ether oxygens (including phenoxy) is 2. The van der Waals surface area contributed by atoms with E-state index in [1.54, 1.807) is 0 Å². The summed E-state index contributed by atoms with van der Waals surface area (Å²) in [4.78, 5) is 35.0. The van der Waals surface area contributed by atoms with Crippen molar-refractivity contribution in [2.24, 2.45) is 4.99 Å². The Labute approximate surface area is 399 Å². The maximum absolute atomic E-state index is 14.0. The second kappa shape index (κ2) is 21.2. The number of carbonyl (C=O) groups is 2. The molecule has 350 valence electrons. The zero-order valence-electron chi connectivity index (χ0n) is 40.8. The third kappa shape index (κ3) is 9.50. The van der Waals surface area contributed by atoms with Crippen LogP contribution in [0.5, 0.6) is 0 Å². The summed E-state index contributed by atoms with van der Waals surface area (Å²) >= 11 is 0. The molecule has 0 radical (unpaired) electrons. The molecule has 0 bridgehead atoms. The van der Waals surface area contributed by atoms with Crippen molar-refractivity contribution in [3.05, 3.63) is 142 Å². The van der Waals surface area contributed by atoms with Gasteiger partial charge in [0.2, 0.25) is 5.36 Å². The van der Waals surface area contributed by atoms with Crippen LogP contribution in [0.25, 0.3) is 66.8 Å². The number of carbonyl (C=O) groups excluding carboxylic acids is 2. The summed E-state index contributed by atoms with van der Waals surface area (Å²) in [5.41, 5.74) is 11.7. The topological polar surface area (TPSA) is 110 Å². The molecule has 0 fully saturated rings. The van der Waals surface area contributed by atoms with Crippen LogP contribution in [0.1, 0.15) is 86.2 Å². The summed E-state index contributed by atoms with van der Waals surface area (Å²) in [7, 11) is 0. The molecule has 4 aromatic carbocycles. The maximum atomic E-state index is 14.0. The van der Waals surface area contributed by atoms with Crippen molar-refractivity contribution in [2.45, 2.75) is 68.2 Å². The van der Waals surface area contributed by atoms with Crippen molar-refractivity contribution in [3.63, 3.8) is 0 Å². The molecule has 4 aliphatic rings. The van der Waals surface area contributed by atoms with Gasteiger partial charge in [0.05, 0.1) is 35.8 Å². The lowest BCUT2D eigenvalue weighted by Crippen LogP contribution is -2.29. The lowest BCUT2D eigenvalue weighted by atomic mass is 9.89. The van der Waals surface area contributed by atoms with Crippen LogP contribution in [0.3, 0.4) is 0 Å². The van der Waals surface area contributed by atoms with Crippen LogP contribution in [-0.2, 0) is 9.47 Å².